The number of nitrogens with two attached hydrogens (primary N) is 3. The molecule has 1 aromatic rings. The van der Waals surface area contributed by atoms with Crippen LogP contribution in [0.1, 0.15) is 18.5 Å². The summed E-state index contributed by atoms with van der Waals surface area (Å²) in [4.78, 5) is 33.4. The SMILES string of the molecule is NC(N)=NCCC[C@H](N)C(=O)N[C@H](Cc1cnc[nH]1)C(=O)O. The lowest BCUT2D eigenvalue weighted by Crippen LogP contribution is -2.49. The van der Waals surface area contributed by atoms with Crippen LogP contribution in [0, 0.1) is 0 Å². The van der Waals surface area contributed by atoms with Crippen LogP contribution < -0.4 is 22.5 Å². The number of amides is 1. The smallest absolute Gasteiger partial charge is 0.326 e. The second-order valence-corrected chi connectivity index (χ2v) is 4.74. The molecular formula is C12H21N7O3. The van der Waals surface area contributed by atoms with Crippen molar-refractivity contribution in [1.82, 2.24) is 15.3 Å². The van der Waals surface area contributed by atoms with Gasteiger partial charge in [0, 0.05) is 24.9 Å². The zero-order valence-corrected chi connectivity index (χ0v) is 12.0. The third-order valence-corrected chi connectivity index (χ3v) is 2.90. The Hall–Kier alpha value is -2.62. The van der Waals surface area contributed by atoms with E-state index >= 15 is 0 Å². The zero-order chi connectivity index (χ0) is 16.5. The van der Waals surface area contributed by atoms with Crippen molar-refractivity contribution in [2.45, 2.75) is 31.3 Å². The molecule has 0 unspecified atom stereocenters. The minimum Gasteiger partial charge on any atom is -0.480 e. The van der Waals surface area contributed by atoms with E-state index in [4.69, 9.17) is 22.3 Å². The van der Waals surface area contributed by atoms with Crippen molar-refractivity contribution in [3.05, 3.63) is 18.2 Å². The number of rotatable bonds is 9. The van der Waals surface area contributed by atoms with Gasteiger partial charge in [0.25, 0.3) is 0 Å². The highest BCUT2D eigenvalue weighted by atomic mass is 16.4. The summed E-state index contributed by atoms with van der Waals surface area (Å²) in [5, 5.41) is 11.6. The molecule has 1 aromatic heterocycles. The lowest BCUT2D eigenvalue weighted by molar-refractivity contribution is -0.142. The number of carboxylic acid groups (broad SMARTS) is 1. The van der Waals surface area contributed by atoms with E-state index in [1.807, 2.05) is 0 Å². The van der Waals surface area contributed by atoms with Crippen molar-refractivity contribution in [1.29, 1.82) is 0 Å². The number of nitrogens with one attached hydrogen (secondary N) is 2. The monoisotopic (exact) mass is 311 g/mol. The predicted molar refractivity (Wildman–Crippen MR) is 79.7 cm³/mol. The minimum atomic E-state index is -1.14. The molecule has 1 rings (SSSR count). The van der Waals surface area contributed by atoms with Gasteiger partial charge in [-0.2, -0.15) is 0 Å². The van der Waals surface area contributed by atoms with E-state index in [1.165, 1.54) is 12.5 Å². The van der Waals surface area contributed by atoms with Gasteiger partial charge in [0.05, 0.1) is 12.4 Å². The number of nitrogens with zero attached hydrogens (tertiary/aromatic N) is 2. The normalized spacial score (nSPS) is 13.1. The fourth-order valence-electron chi connectivity index (χ4n) is 1.75. The van der Waals surface area contributed by atoms with Crippen LogP contribution in [0.3, 0.4) is 0 Å². The summed E-state index contributed by atoms with van der Waals surface area (Å²) in [7, 11) is 0. The Balaban J connectivity index is 2.45. The van der Waals surface area contributed by atoms with Crippen molar-refractivity contribution in [2.75, 3.05) is 6.54 Å². The lowest BCUT2D eigenvalue weighted by Gasteiger charge is -2.17. The second kappa shape index (κ2) is 8.62. The van der Waals surface area contributed by atoms with Crippen LogP contribution in [0.5, 0.6) is 0 Å². The molecular weight excluding hydrogens is 290 g/mol. The first-order valence-corrected chi connectivity index (χ1v) is 6.71. The number of hydrogen-bond donors (Lipinski definition) is 6. The second-order valence-electron chi connectivity index (χ2n) is 4.74. The van der Waals surface area contributed by atoms with Gasteiger partial charge in [0.2, 0.25) is 5.91 Å². The van der Waals surface area contributed by atoms with Crippen LogP contribution in [0.15, 0.2) is 17.5 Å². The van der Waals surface area contributed by atoms with Gasteiger partial charge in [-0.05, 0) is 12.8 Å². The molecule has 0 radical (unpaired) electrons. The van der Waals surface area contributed by atoms with Gasteiger partial charge < -0.3 is 32.6 Å². The lowest BCUT2D eigenvalue weighted by atomic mass is 10.1. The molecule has 9 N–H and O–H groups in total. The van der Waals surface area contributed by atoms with Crippen LogP contribution in [0.4, 0.5) is 0 Å². The third kappa shape index (κ3) is 6.22. The van der Waals surface area contributed by atoms with E-state index in [2.05, 4.69) is 20.3 Å². The summed E-state index contributed by atoms with van der Waals surface area (Å²) in [6.07, 6.45) is 3.90. The number of hydrogen-bond acceptors (Lipinski definition) is 5. The number of aromatic amines is 1. The van der Waals surface area contributed by atoms with Gasteiger partial charge in [-0.1, -0.05) is 0 Å². The van der Waals surface area contributed by atoms with Crippen molar-refractivity contribution in [3.63, 3.8) is 0 Å². The first-order chi connectivity index (χ1) is 10.4. The highest BCUT2D eigenvalue weighted by molar-refractivity contribution is 5.86. The van der Waals surface area contributed by atoms with Crippen LogP contribution in [0.25, 0.3) is 0 Å². The van der Waals surface area contributed by atoms with Crippen molar-refractivity contribution >= 4 is 17.8 Å². The molecule has 2 atom stereocenters. The first kappa shape index (κ1) is 17.4. The number of aliphatic carboxylic acids is 1. The molecule has 122 valence electrons. The van der Waals surface area contributed by atoms with Crippen LogP contribution >= 0.6 is 0 Å². The molecule has 0 aliphatic heterocycles. The molecule has 10 heteroatoms. The molecule has 0 fully saturated rings. The van der Waals surface area contributed by atoms with Gasteiger partial charge in [0.15, 0.2) is 5.96 Å². The highest BCUT2D eigenvalue weighted by Gasteiger charge is 2.23. The van der Waals surface area contributed by atoms with E-state index in [0.717, 1.165) is 0 Å². The Labute approximate surface area is 127 Å². The van der Waals surface area contributed by atoms with Crippen LogP contribution in [-0.4, -0.2) is 51.5 Å². The molecule has 1 amide bonds. The number of aromatic nitrogens is 2. The van der Waals surface area contributed by atoms with Crippen molar-refractivity contribution in [2.24, 2.45) is 22.2 Å². The number of carboxylic acids is 1. The molecule has 0 saturated carbocycles. The van der Waals surface area contributed by atoms with E-state index in [1.54, 1.807) is 0 Å². The molecule has 10 nitrogen and oxygen atoms in total. The Kier molecular flexibility index (Phi) is 6.83. The van der Waals surface area contributed by atoms with Crippen LogP contribution in [0.2, 0.25) is 0 Å². The Morgan fingerprint density at radius 2 is 2.18 bits per heavy atom. The largest absolute Gasteiger partial charge is 0.480 e. The quantitative estimate of drug-likeness (QED) is 0.171. The number of guanidine groups is 1. The topological polar surface area (TPSA) is 186 Å². The van der Waals surface area contributed by atoms with Crippen molar-refractivity contribution < 1.29 is 14.7 Å². The zero-order valence-electron chi connectivity index (χ0n) is 12.0. The summed E-state index contributed by atoms with van der Waals surface area (Å²) in [5.41, 5.74) is 16.7. The highest BCUT2D eigenvalue weighted by Crippen LogP contribution is 2.01. The molecule has 1 heterocycles. The molecule has 0 aliphatic rings. The fourth-order valence-corrected chi connectivity index (χ4v) is 1.75. The number of H-pyrrole nitrogens is 1. The summed E-state index contributed by atoms with van der Waals surface area (Å²) in [5.74, 6) is -1.70. The van der Waals surface area contributed by atoms with Crippen LogP contribution in [-0.2, 0) is 16.0 Å². The molecule has 22 heavy (non-hydrogen) atoms. The van der Waals surface area contributed by atoms with Gasteiger partial charge >= 0.3 is 5.97 Å². The maximum Gasteiger partial charge on any atom is 0.326 e. The third-order valence-electron chi connectivity index (χ3n) is 2.90. The molecule has 0 aromatic carbocycles. The number of carbonyl (C=O) groups is 2. The van der Waals surface area contributed by atoms with E-state index in [9.17, 15) is 9.59 Å². The molecule has 0 aliphatic carbocycles. The minimum absolute atomic E-state index is 0.0245. The maximum absolute atomic E-state index is 11.9. The Morgan fingerprint density at radius 1 is 1.45 bits per heavy atom. The molecule has 0 saturated heterocycles. The Bertz CT molecular complexity index is 511. The average molecular weight is 311 g/mol. The summed E-state index contributed by atoms with van der Waals surface area (Å²) >= 11 is 0. The number of carbonyl (C=O) groups excluding carboxylic acids is 1. The van der Waals surface area contributed by atoms with E-state index < -0.39 is 24.0 Å². The summed E-state index contributed by atoms with van der Waals surface area (Å²) in [6.45, 7) is 0.361. The van der Waals surface area contributed by atoms with Gasteiger partial charge in [-0.25, -0.2) is 9.78 Å². The van der Waals surface area contributed by atoms with Gasteiger partial charge in [-0.15, -0.1) is 0 Å². The first-order valence-electron chi connectivity index (χ1n) is 6.71. The number of imidazole rings is 1. The standard InChI is InChI=1S/C12H21N7O3/c13-8(2-1-3-17-12(14)15)10(20)19-9(11(21)22)4-7-5-16-6-18-7/h5-6,8-9H,1-4,13H2,(H,16,18)(H,19,20)(H,21,22)(H4,14,15,17)/t8-,9+/m0/s1. The number of aliphatic imine (C=N–C) groups is 1. The molecule has 0 spiro atoms. The summed E-state index contributed by atoms with van der Waals surface area (Å²) in [6, 6.07) is -1.89. The Morgan fingerprint density at radius 3 is 2.73 bits per heavy atom. The fraction of sp³-hybridized carbons (Fsp3) is 0.500. The summed E-state index contributed by atoms with van der Waals surface area (Å²) < 4.78 is 0. The average Bonchev–Trinajstić information content (AvgIpc) is 2.95. The maximum atomic E-state index is 11.9. The van der Waals surface area contributed by atoms with Gasteiger partial charge in [0.1, 0.15) is 6.04 Å². The van der Waals surface area contributed by atoms with Gasteiger partial charge in [-0.3, -0.25) is 9.79 Å². The van der Waals surface area contributed by atoms with Crippen molar-refractivity contribution in [3.8, 4) is 0 Å². The van der Waals surface area contributed by atoms with E-state index in [-0.39, 0.29) is 12.4 Å². The van der Waals surface area contributed by atoms with E-state index in [0.29, 0.717) is 25.1 Å². The molecule has 0 bridgehead atoms. The predicted octanol–water partition coefficient (Wildman–Crippen LogP) is -2.10.